The third kappa shape index (κ3) is 3.84. The van der Waals surface area contributed by atoms with E-state index in [1.807, 2.05) is 32.0 Å². The second-order valence-electron chi connectivity index (χ2n) is 5.22. The van der Waals surface area contributed by atoms with Crippen LogP contribution in [0.3, 0.4) is 0 Å². The molecular formula is C15H24N2O. The lowest BCUT2D eigenvalue weighted by molar-refractivity contribution is 0.0923. The number of nitrogens with two attached hydrogens (primary N) is 1. The van der Waals surface area contributed by atoms with Crippen molar-refractivity contribution in [2.75, 3.05) is 6.54 Å². The smallest absolute Gasteiger partial charge is 0.251 e. The van der Waals surface area contributed by atoms with Crippen molar-refractivity contribution in [3.8, 4) is 0 Å². The van der Waals surface area contributed by atoms with Gasteiger partial charge in [-0.1, -0.05) is 31.5 Å². The average Bonchev–Trinajstić information content (AvgIpc) is 2.31. The van der Waals surface area contributed by atoms with Crippen LogP contribution in [0.1, 0.15) is 41.8 Å². The third-order valence-corrected chi connectivity index (χ3v) is 3.24. The van der Waals surface area contributed by atoms with Crippen LogP contribution < -0.4 is 11.1 Å². The number of carbonyl (C=O) groups is 1. The molecule has 1 amide bonds. The van der Waals surface area contributed by atoms with Crippen LogP contribution in [0.15, 0.2) is 18.2 Å². The first-order chi connectivity index (χ1) is 8.45. The van der Waals surface area contributed by atoms with Crippen molar-refractivity contribution in [2.45, 2.75) is 40.2 Å². The largest absolute Gasteiger partial charge is 0.349 e. The van der Waals surface area contributed by atoms with E-state index in [4.69, 9.17) is 5.73 Å². The molecule has 3 nitrogen and oxygen atoms in total. The number of hydrogen-bond donors (Lipinski definition) is 2. The van der Waals surface area contributed by atoms with Gasteiger partial charge in [0.25, 0.3) is 5.91 Å². The first-order valence-electron chi connectivity index (χ1n) is 6.54. The molecule has 0 aromatic heterocycles. The Labute approximate surface area is 110 Å². The topological polar surface area (TPSA) is 55.1 Å². The lowest BCUT2D eigenvalue weighted by atomic mass is 9.99. The number of carbonyl (C=O) groups excluding carboxylic acids is 1. The van der Waals surface area contributed by atoms with Gasteiger partial charge in [-0.05, 0) is 44.4 Å². The molecule has 0 bridgehead atoms. The second kappa shape index (κ2) is 6.55. The Morgan fingerprint density at radius 2 is 2.00 bits per heavy atom. The SMILES string of the molecule is Cc1ccc(C)c(C(=O)NC(CCN)C(C)C)c1. The number of nitrogens with one attached hydrogen (secondary N) is 1. The van der Waals surface area contributed by atoms with Gasteiger partial charge in [-0.2, -0.15) is 0 Å². The van der Waals surface area contributed by atoms with Gasteiger partial charge in [-0.25, -0.2) is 0 Å². The number of benzene rings is 1. The van der Waals surface area contributed by atoms with Crippen molar-refractivity contribution < 1.29 is 4.79 Å². The van der Waals surface area contributed by atoms with E-state index < -0.39 is 0 Å². The molecule has 0 saturated carbocycles. The predicted octanol–water partition coefficient (Wildman–Crippen LogP) is 2.41. The molecular weight excluding hydrogens is 224 g/mol. The van der Waals surface area contributed by atoms with Crippen LogP contribution >= 0.6 is 0 Å². The summed E-state index contributed by atoms with van der Waals surface area (Å²) in [5.41, 5.74) is 8.46. The summed E-state index contributed by atoms with van der Waals surface area (Å²) in [5, 5.41) is 3.08. The van der Waals surface area contributed by atoms with Gasteiger partial charge in [0.05, 0.1) is 0 Å². The maximum atomic E-state index is 12.3. The van der Waals surface area contributed by atoms with Crippen molar-refractivity contribution >= 4 is 5.91 Å². The van der Waals surface area contributed by atoms with Gasteiger partial charge in [0, 0.05) is 11.6 Å². The van der Waals surface area contributed by atoms with Gasteiger partial charge in [0.1, 0.15) is 0 Å². The third-order valence-electron chi connectivity index (χ3n) is 3.24. The molecule has 0 radical (unpaired) electrons. The highest BCUT2D eigenvalue weighted by atomic mass is 16.1. The van der Waals surface area contributed by atoms with Crippen molar-refractivity contribution in [1.82, 2.24) is 5.32 Å². The zero-order chi connectivity index (χ0) is 13.7. The van der Waals surface area contributed by atoms with E-state index >= 15 is 0 Å². The first-order valence-corrected chi connectivity index (χ1v) is 6.54. The number of rotatable bonds is 5. The van der Waals surface area contributed by atoms with E-state index in [9.17, 15) is 4.79 Å². The molecule has 1 aromatic rings. The summed E-state index contributed by atoms with van der Waals surface area (Å²) in [6.45, 7) is 8.75. The molecule has 0 saturated heterocycles. The van der Waals surface area contributed by atoms with Gasteiger partial charge >= 0.3 is 0 Å². The minimum absolute atomic E-state index is 0.00310. The summed E-state index contributed by atoms with van der Waals surface area (Å²) in [6, 6.07) is 6.08. The molecule has 1 atom stereocenters. The van der Waals surface area contributed by atoms with Crippen LogP contribution in [0, 0.1) is 19.8 Å². The molecule has 1 rings (SSSR count). The molecule has 0 fully saturated rings. The minimum Gasteiger partial charge on any atom is -0.349 e. The van der Waals surface area contributed by atoms with Gasteiger partial charge in [0.15, 0.2) is 0 Å². The fourth-order valence-electron chi connectivity index (χ4n) is 1.98. The summed E-state index contributed by atoms with van der Waals surface area (Å²) in [6.07, 6.45) is 0.814. The molecule has 0 heterocycles. The van der Waals surface area contributed by atoms with Gasteiger partial charge < -0.3 is 11.1 Å². The molecule has 0 spiro atoms. The van der Waals surface area contributed by atoms with E-state index in [1.54, 1.807) is 0 Å². The number of aryl methyl sites for hydroxylation is 2. The summed E-state index contributed by atoms with van der Waals surface area (Å²) in [5.74, 6) is 0.394. The fourth-order valence-corrected chi connectivity index (χ4v) is 1.98. The van der Waals surface area contributed by atoms with Crippen LogP contribution in [0.4, 0.5) is 0 Å². The van der Waals surface area contributed by atoms with E-state index in [0.29, 0.717) is 12.5 Å². The minimum atomic E-state index is 0.00310. The Morgan fingerprint density at radius 3 is 2.56 bits per heavy atom. The molecule has 18 heavy (non-hydrogen) atoms. The predicted molar refractivity (Wildman–Crippen MR) is 75.7 cm³/mol. The Hall–Kier alpha value is -1.35. The second-order valence-corrected chi connectivity index (χ2v) is 5.22. The van der Waals surface area contributed by atoms with Crippen LogP contribution in [-0.2, 0) is 0 Å². The maximum Gasteiger partial charge on any atom is 0.251 e. The molecule has 1 aromatic carbocycles. The highest BCUT2D eigenvalue weighted by molar-refractivity contribution is 5.96. The molecule has 100 valence electrons. The maximum absolute atomic E-state index is 12.3. The zero-order valence-electron chi connectivity index (χ0n) is 11.8. The van der Waals surface area contributed by atoms with Crippen molar-refractivity contribution in [2.24, 2.45) is 11.7 Å². The van der Waals surface area contributed by atoms with Crippen LogP contribution in [0.25, 0.3) is 0 Å². The summed E-state index contributed by atoms with van der Waals surface area (Å²) >= 11 is 0. The first kappa shape index (κ1) is 14.7. The lowest BCUT2D eigenvalue weighted by Crippen LogP contribution is -2.40. The fraction of sp³-hybridized carbons (Fsp3) is 0.533. The molecule has 1 unspecified atom stereocenters. The van der Waals surface area contributed by atoms with E-state index in [-0.39, 0.29) is 11.9 Å². The number of amides is 1. The van der Waals surface area contributed by atoms with Gasteiger partial charge in [0.2, 0.25) is 0 Å². The summed E-state index contributed by atoms with van der Waals surface area (Å²) < 4.78 is 0. The monoisotopic (exact) mass is 248 g/mol. The highest BCUT2D eigenvalue weighted by Gasteiger charge is 2.17. The van der Waals surface area contributed by atoms with Crippen molar-refractivity contribution in [3.05, 3.63) is 34.9 Å². The molecule has 0 aliphatic heterocycles. The Morgan fingerprint density at radius 1 is 1.33 bits per heavy atom. The summed E-state index contributed by atoms with van der Waals surface area (Å²) in [7, 11) is 0. The van der Waals surface area contributed by atoms with E-state index in [2.05, 4.69) is 19.2 Å². The molecule has 3 heteroatoms. The van der Waals surface area contributed by atoms with Crippen LogP contribution in [0.2, 0.25) is 0 Å². The normalized spacial score (nSPS) is 12.6. The van der Waals surface area contributed by atoms with Crippen LogP contribution in [-0.4, -0.2) is 18.5 Å². The molecule has 0 aliphatic rings. The average molecular weight is 248 g/mol. The van der Waals surface area contributed by atoms with E-state index in [1.165, 1.54) is 0 Å². The Bertz CT molecular complexity index is 413. The number of hydrogen-bond acceptors (Lipinski definition) is 2. The lowest BCUT2D eigenvalue weighted by Gasteiger charge is -2.22. The summed E-state index contributed by atoms with van der Waals surface area (Å²) in [4.78, 5) is 12.3. The Balaban J connectivity index is 2.83. The van der Waals surface area contributed by atoms with Crippen LogP contribution in [0.5, 0.6) is 0 Å². The van der Waals surface area contributed by atoms with E-state index in [0.717, 1.165) is 23.1 Å². The Kier molecular flexibility index (Phi) is 5.35. The molecule has 3 N–H and O–H groups in total. The zero-order valence-corrected chi connectivity index (χ0v) is 11.8. The van der Waals surface area contributed by atoms with Crippen molar-refractivity contribution in [3.63, 3.8) is 0 Å². The van der Waals surface area contributed by atoms with Crippen molar-refractivity contribution in [1.29, 1.82) is 0 Å². The quantitative estimate of drug-likeness (QED) is 0.840. The van der Waals surface area contributed by atoms with Gasteiger partial charge in [-0.3, -0.25) is 4.79 Å². The van der Waals surface area contributed by atoms with Gasteiger partial charge in [-0.15, -0.1) is 0 Å². The highest BCUT2D eigenvalue weighted by Crippen LogP contribution is 2.12. The molecule has 0 aliphatic carbocycles. The standard InChI is InChI=1S/C15H24N2O/c1-10(2)14(7-8-16)17-15(18)13-9-11(3)5-6-12(13)4/h5-6,9-10,14H,7-8,16H2,1-4H3,(H,17,18).